The molecule has 4 nitrogen and oxygen atoms in total. The summed E-state index contributed by atoms with van der Waals surface area (Å²) in [5.74, 6) is -1.35. The van der Waals surface area contributed by atoms with Crippen LogP contribution in [0.2, 0.25) is 0 Å². The second-order valence-electron chi connectivity index (χ2n) is 4.44. The molecule has 0 fully saturated rings. The number of pyridine rings is 1. The molecule has 1 aromatic heterocycles. The number of aromatic nitrogens is 1. The predicted molar refractivity (Wildman–Crippen MR) is 77.3 cm³/mol. The van der Waals surface area contributed by atoms with Crippen LogP contribution in [0, 0.1) is 11.6 Å². The lowest BCUT2D eigenvalue weighted by atomic mass is 10.2. The minimum atomic E-state index is -0.822. The van der Waals surface area contributed by atoms with E-state index in [2.05, 4.69) is 15.6 Å². The first kappa shape index (κ1) is 14.9. The average Bonchev–Trinajstić information content (AvgIpc) is 2.48. The number of amides is 1. The lowest BCUT2D eigenvalue weighted by molar-refractivity contribution is 0.102. The number of rotatable bonds is 5. The van der Waals surface area contributed by atoms with Crippen LogP contribution >= 0.6 is 0 Å². The summed E-state index contributed by atoms with van der Waals surface area (Å²) in [6.07, 6.45) is 2.36. The number of carbonyl (C=O) groups is 1. The number of anilines is 2. The summed E-state index contributed by atoms with van der Waals surface area (Å²) in [5.41, 5.74) is 0.218. The van der Waals surface area contributed by atoms with Crippen molar-refractivity contribution in [2.24, 2.45) is 0 Å². The van der Waals surface area contributed by atoms with Crippen LogP contribution < -0.4 is 10.6 Å². The summed E-state index contributed by atoms with van der Waals surface area (Å²) in [6, 6.07) is 6.22. The van der Waals surface area contributed by atoms with Gasteiger partial charge in [0.1, 0.15) is 17.5 Å². The molecule has 0 saturated heterocycles. The van der Waals surface area contributed by atoms with Gasteiger partial charge in [-0.1, -0.05) is 6.92 Å². The molecule has 6 heteroatoms. The van der Waals surface area contributed by atoms with Crippen LogP contribution in [0.25, 0.3) is 0 Å². The van der Waals surface area contributed by atoms with Crippen molar-refractivity contribution in [3.63, 3.8) is 0 Å². The maximum absolute atomic E-state index is 13.4. The smallest absolute Gasteiger partial charge is 0.257 e. The third-order valence-corrected chi connectivity index (χ3v) is 2.76. The molecule has 0 aliphatic heterocycles. The fraction of sp³-hybridized carbons (Fsp3) is 0.200. The van der Waals surface area contributed by atoms with Gasteiger partial charge in [0.15, 0.2) is 0 Å². The molecule has 21 heavy (non-hydrogen) atoms. The lowest BCUT2D eigenvalue weighted by Crippen LogP contribution is -2.13. The zero-order valence-corrected chi connectivity index (χ0v) is 11.5. The van der Waals surface area contributed by atoms with E-state index in [4.69, 9.17) is 0 Å². The standard InChI is InChI=1S/C15H15F2N3O/c1-2-7-18-14-6-3-10(9-19-14)15(21)20-13-5-4-11(16)8-12(13)17/h3-6,8-9H,2,7H2,1H3,(H,18,19)(H,20,21). The normalized spacial score (nSPS) is 10.2. The number of hydrogen-bond donors (Lipinski definition) is 2. The van der Waals surface area contributed by atoms with Crippen LogP contribution in [0.4, 0.5) is 20.3 Å². The molecule has 2 rings (SSSR count). The van der Waals surface area contributed by atoms with Gasteiger partial charge in [0, 0.05) is 18.8 Å². The van der Waals surface area contributed by atoms with E-state index in [0.717, 1.165) is 19.0 Å². The Morgan fingerprint density at radius 3 is 2.67 bits per heavy atom. The van der Waals surface area contributed by atoms with Gasteiger partial charge >= 0.3 is 0 Å². The van der Waals surface area contributed by atoms with E-state index in [1.54, 1.807) is 12.1 Å². The van der Waals surface area contributed by atoms with Gasteiger partial charge in [-0.25, -0.2) is 13.8 Å². The largest absolute Gasteiger partial charge is 0.370 e. The van der Waals surface area contributed by atoms with Gasteiger partial charge in [-0.2, -0.15) is 0 Å². The highest BCUT2D eigenvalue weighted by Gasteiger charge is 2.10. The molecule has 0 unspecified atom stereocenters. The molecule has 0 atom stereocenters. The second-order valence-corrected chi connectivity index (χ2v) is 4.44. The summed E-state index contributed by atoms with van der Waals surface area (Å²) in [4.78, 5) is 16.0. The fourth-order valence-electron chi connectivity index (χ4n) is 1.67. The van der Waals surface area contributed by atoms with E-state index in [0.29, 0.717) is 17.4 Å². The molecule has 0 spiro atoms. The van der Waals surface area contributed by atoms with E-state index >= 15 is 0 Å². The molecule has 0 radical (unpaired) electrons. The Kier molecular flexibility index (Phi) is 4.81. The summed E-state index contributed by atoms with van der Waals surface area (Å²) >= 11 is 0. The molecule has 0 bridgehead atoms. The van der Waals surface area contributed by atoms with Gasteiger partial charge < -0.3 is 10.6 Å². The maximum Gasteiger partial charge on any atom is 0.257 e. The first-order valence-electron chi connectivity index (χ1n) is 6.56. The van der Waals surface area contributed by atoms with Crippen molar-refractivity contribution in [2.45, 2.75) is 13.3 Å². The second kappa shape index (κ2) is 6.78. The SMILES string of the molecule is CCCNc1ccc(C(=O)Nc2ccc(F)cc2F)cn1. The first-order chi connectivity index (χ1) is 10.1. The van der Waals surface area contributed by atoms with E-state index in [1.807, 2.05) is 6.92 Å². The van der Waals surface area contributed by atoms with Crippen molar-refractivity contribution in [3.8, 4) is 0 Å². The van der Waals surface area contributed by atoms with Crippen LogP contribution in [0.15, 0.2) is 36.5 Å². The molecule has 1 heterocycles. The molecule has 1 amide bonds. The Morgan fingerprint density at radius 2 is 2.05 bits per heavy atom. The number of halogens is 2. The Labute approximate surface area is 121 Å². The van der Waals surface area contributed by atoms with E-state index in [-0.39, 0.29) is 5.69 Å². The van der Waals surface area contributed by atoms with Gasteiger partial charge in [0.05, 0.1) is 11.3 Å². The number of nitrogens with one attached hydrogen (secondary N) is 2. The molecule has 0 saturated carbocycles. The first-order valence-corrected chi connectivity index (χ1v) is 6.56. The van der Waals surface area contributed by atoms with E-state index in [9.17, 15) is 13.6 Å². The molecular formula is C15H15F2N3O. The van der Waals surface area contributed by atoms with Crippen LogP contribution in [0.1, 0.15) is 23.7 Å². The van der Waals surface area contributed by atoms with Crippen molar-refractivity contribution in [3.05, 3.63) is 53.7 Å². The molecule has 0 aliphatic rings. The van der Waals surface area contributed by atoms with Crippen molar-refractivity contribution in [1.82, 2.24) is 4.98 Å². The number of hydrogen-bond acceptors (Lipinski definition) is 3. The van der Waals surface area contributed by atoms with Gasteiger partial charge in [0.2, 0.25) is 0 Å². The highest BCUT2D eigenvalue weighted by atomic mass is 19.1. The molecule has 0 aliphatic carbocycles. The van der Waals surface area contributed by atoms with Crippen molar-refractivity contribution in [1.29, 1.82) is 0 Å². The van der Waals surface area contributed by atoms with Crippen molar-refractivity contribution < 1.29 is 13.6 Å². The van der Waals surface area contributed by atoms with Crippen LogP contribution in [-0.4, -0.2) is 17.4 Å². The topological polar surface area (TPSA) is 54.0 Å². The number of benzene rings is 1. The zero-order chi connectivity index (χ0) is 15.2. The van der Waals surface area contributed by atoms with E-state index in [1.165, 1.54) is 12.3 Å². The van der Waals surface area contributed by atoms with Crippen LogP contribution in [0.3, 0.4) is 0 Å². The highest BCUT2D eigenvalue weighted by molar-refractivity contribution is 6.04. The number of carbonyl (C=O) groups excluding carboxylic acids is 1. The molecular weight excluding hydrogens is 276 g/mol. The van der Waals surface area contributed by atoms with Crippen LogP contribution in [-0.2, 0) is 0 Å². The Bertz CT molecular complexity index is 629. The summed E-state index contributed by atoms with van der Waals surface area (Å²) < 4.78 is 26.2. The predicted octanol–water partition coefficient (Wildman–Crippen LogP) is 3.43. The fourth-order valence-corrected chi connectivity index (χ4v) is 1.67. The quantitative estimate of drug-likeness (QED) is 0.887. The Hall–Kier alpha value is -2.50. The molecule has 2 aromatic rings. The van der Waals surface area contributed by atoms with E-state index < -0.39 is 17.5 Å². The molecule has 110 valence electrons. The summed E-state index contributed by atoms with van der Waals surface area (Å²) in [6.45, 7) is 2.82. The van der Waals surface area contributed by atoms with Gasteiger partial charge in [-0.15, -0.1) is 0 Å². The van der Waals surface area contributed by atoms with Crippen molar-refractivity contribution in [2.75, 3.05) is 17.2 Å². The monoisotopic (exact) mass is 291 g/mol. The Morgan fingerprint density at radius 1 is 1.24 bits per heavy atom. The summed E-state index contributed by atoms with van der Waals surface area (Å²) in [5, 5.41) is 5.46. The molecule has 1 aromatic carbocycles. The Balaban J connectivity index is 2.06. The summed E-state index contributed by atoms with van der Waals surface area (Å²) in [7, 11) is 0. The van der Waals surface area contributed by atoms with Crippen molar-refractivity contribution >= 4 is 17.4 Å². The van der Waals surface area contributed by atoms with Gasteiger partial charge in [0.25, 0.3) is 5.91 Å². The minimum absolute atomic E-state index is 0.0745. The molecule has 2 N–H and O–H groups in total. The lowest BCUT2D eigenvalue weighted by Gasteiger charge is -2.07. The number of nitrogens with zero attached hydrogens (tertiary/aromatic N) is 1. The average molecular weight is 291 g/mol. The highest BCUT2D eigenvalue weighted by Crippen LogP contribution is 2.16. The van der Waals surface area contributed by atoms with Gasteiger partial charge in [-0.05, 0) is 30.7 Å². The van der Waals surface area contributed by atoms with Crippen LogP contribution in [0.5, 0.6) is 0 Å². The zero-order valence-electron chi connectivity index (χ0n) is 11.5. The maximum atomic E-state index is 13.4. The third-order valence-electron chi connectivity index (χ3n) is 2.76. The van der Waals surface area contributed by atoms with Gasteiger partial charge in [-0.3, -0.25) is 4.79 Å². The third kappa shape index (κ3) is 3.98. The minimum Gasteiger partial charge on any atom is -0.370 e.